The van der Waals surface area contributed by atoms with Crippen LogP contribution in [0.25, 0.3) is 5.57 Å². The number of hydrogen-bond donors (Lipinski definition) is 0. The van der Waals surface area contributed by atoms with Crippen molar-refractivity contribution in [2.75, 3.05) is 7.11 Å². The Morgan fingerprint density at radius 2 is 1.76 bits per heavy atom. The fraction of sp³-hybridized carbons (Fsp3) is 0.235. The summed E-state index contributed by atoms with van der Waals surface area (Å²) in [7, 11) is 1.15. The summed E-state index contributed by atoms with van der Waals surface area (Å²) in [4.78, 5) is 15.2. The monoisotopic (exact) mass is 421 g/mol. The third-order valence-corrected chi connectivity index (χ3v) is 4.22. The topological polar surface area (TPSA) is 65.5 Å². The smallest absolute Gasteiger partial charge is 0.441 e. The summed E-state index contributed by atoms with van der Waals surface area (Å²) >= 11 is 0. The molecule has 0 amide bonds. The second kappa shape index (κ2) is 6.64. The van der Waals surface area contributed by atoms with Gasteiger partial charge in [0.05, 0.1) is 10.5 Å². The van der Waals surface area contributed by atoms with Crippen LogP contribution < -0.4 is 14.3 Å². The van der Waals surface area contributed by atoms with E-state index in [2.05, 4.69) is 4.74 Å². The molecule has 0 aliphatic carbocycles. The SMILES string of the molecule is CO[n+]1ccccc1C1=CC(C(F)(F)F)(C(F)(F)F)Oc2ccc([N+](=O)[O-])cc21. The van der Waals surface area contributed by atoms with Gasteiger partial charge in [-0.2, -0.15) is 26.3 Å². The van der Waals surface area contributed by atoms with Crippen molar-refractivity contribution in [2.45, 2.75) is 18.0 Å². The van der Waals surface area contributed by atoms with Gasteiger partial charge in [0.2, 0.25) is 6.20 Å². The van der Waals surface area contributed by atoms with Crippen molar-refractivity contribution >= 4 is 11.3 Å². The van der Waals surface area contributed by atoms with Crippen molar-refractivity contribution in [1.82, 2.24) is 0 Å². The van der Waals surface area contributed by atoms with Crippen LogP contribution in [0.1, 0.15) is 11.3 Å². The van der Waals surface area contributed by atoms with Crippen LogP contribution in [0.3, 0.4) is 0 Å². The Bertz CT molecular complexity index is 986. The molecule has 2 heterocycles. The first-order valence-electron chi connectivity index (χ1n) is 7.81. The highest BCUT2D eigenvalue weighted by Gasteiger charge is 2.74. The number of halogens is 6. The summed E-state index contributed by atoms with van der Waals surface area (Å²) in [6.07, 6.45) is -10.6. The predicted molar refractivity (Wildman–Crippen MR) is 84.8 cm³/mol. The molecule has 12 heteroatoms. The lowest BCUT2D eigenvalue weighted by atomic mass is 9.89. The highest BCUT2D eigenvalue weighted by molar-refractivity contribution is 5.83. The fourth-order valence-electron chi connectivity index (χ4n) is 2.86. The average molecular weight is 421 g/mol. The van der Waals surface area contributed by atoms with Crippen LogP contribution in [0.5, 0.6) is 5.75 Å². The Morgan fingerprint density at radius 3 is 2.31 bits per heavy atom. The van der Waals surface area contributed by atoms with Gasteiger partial charge in [-0.1, -0.05) is 0 Å². The van der Waals surface area contributed by atoms with Crippen molar-refractivity contribution in [3.05, 3.63) is 70.0 Å². The molecule has 154 valence electrons. The van der Waals surface area contributed by atoms with Gasteiger partial charge in [-0.15, -0.1) is 0 Å². The third kappa shape index (κ3) is 3.23. The second-order valence-electron chi connectivity index (χ2n) is 5.92. The first kappa shape index (κ1) is 20.4. The Morgan fingerprint density at radius 1 is 1.10 bits per heavy atom. The molecule has 0 saturated heterocycles. The molecule has 6 nitrogen and oxygen atoms in total. The number of non-ortho nitro benzene ring substituents is 1. The van der Waals surface area contributed by atoms with E-state index < -0.39 is 39.9 Å². The molecule has 0 saturated carbocycles. The van der Waals surface area contributed by atoms with E-state index in [0.717, 1.165) is 24.0 Å². The molecule has 2 aromatic rings. The minimum Gasteiger partial charge on any atom is -0.464 e. The van der Waals surface area contributed by atoms with E-state index in [1.807, 2.05) is 0 Å². The number of ether oxygens (including phenoxy) is 1. The third-order valence-electron chi connectivity index (χ3n) is 4.22. The normalized spacial score (nSPS) is 15.8. The number of benzene rings is 1. The number of nitro groups is 1. The van der Waals surface area contributed by atoms with Crippen LogP contribution in [0.15, 0.2) is 48.7 Å². The van der Waals surface area contributed by atoms with Gasteiger partial charge in [-0.05, 0) is 18.2 Å². The predicted octanol–water partition coefficient (Wildman–Crippen LogP) is 3.63. The Kier molecular flexibility index (Phi) is 4.67. The van der Waals surface area contributed by atoms with Gasteiger partial charge in [-0.3, -0.25) is 15.0 Å². The summed E-state index contributed by atoms with van der Waals surface area (Å²) in [6.45, 7) is 0. The van der Waals surface area contributed by atoms with Crippen LogP contribution in [0, 0.1) is 10.1 Å². The Hall–Kier alpha value is -3.31. The molecule has 0 unspecified atom stereocenters. The van der Waals surface area contributed by atoms with Gasteiger partial charge in [0.15, 0.2) is 0 Å². The van der Waals surface area contributed by atoms with E-state index in [1.165, 1.54) is 24.4 Å². The van der Waals surface area contributed by atoms with E-state index in [9.17, 15) is 36.5 Å². The van der Waals surface area contributed by atoms with E-state index in [0.29, 0.717) is 6.07 Å². The molecular formula is C17H11F6N2O4+. The van der Waals surface area contributed by atoms with Gasteiger partial charge >= 0.3 is 18.0 Å². The first-order chi connectivity index (χ1) is 13.4. The standard InChI is InChI=1S/C17H11F6N2O4/c1-28-24-7-3-2-4-13(24)12-9-15(16(18,19)20,17(21,22)23)29-14-6-5-10(25(26)27)8-11(12)14/h2-9H,1H3/q+1. The van der Waals surface area contributed by atoms with E-state index in [1.54, 1.807) is 0 Å². The van der Waals surface area contributed by atoms with E-state index in [4.69, 9.17) is 4.84 Å². The second-order valence-corrected chi connectivity index (χ2v) is 5.92. The zero-order valence-electron chi connectivity index (χ0n) is 14.4. The summed E-state index contributed by atoms with van der Waals surface area (Å²) < 4.78 is 87.1. The van der Waals surface area contributed by atoms with Crippen LogP contribution in [-0.4, -0.2) is 30.0 Å². The molecule has 29 heavy (non-hydrogen) atoms. The van der Waals surface area contributed by atoms with Crippen molar-refractivity contribution < 1.29 is 45.6 Å². The summed E-state index contributed by atoms with van der Waals surface area (Å²) in [5.41, 5.74) is -6.30. The number of rotatable bonds is 3. The molecule has 0 atom stereocenters. The van der Waals surface area contributed by atoms with Crippen molar-refractivity contribution in [3.8, 4) is 5.75 Å². The van der Waals surface area contributed by atoms with Gasteiger partial charge in [0, 0.05) is 34.6 Å². The summed E-state index contributed by atoms with van der Waals surface area (Å²) in [5.74, 6) is -0.811. The molecule has 3 rings (SSSR count). The molecule has 0 fully saturated rings. The average Bonchev–Trinajstić information content (AvgIpc) is 2.64. The van der Waals surface area contributed by atoms with Crippen LogP contribution >= 0.6 is 0 Å². The number of pyridine rings is 1. The number of nitro benzene ring substituents is 1. The van der Waals surface area contributed by atoms with Crippen molar-refractivity contribution in [2.24, 2.45) is 0 Å². The van der Waals surface area contributed by atoms with Crippen LogP contribution in [0.4, 0.5) is 32.0 Å². The van der Waals surface area contributed by atoms with Crippen molar-refractivity contribution in [1.29, 1.82) is 0 Å². The van der Waals surface area contributed by atoms with Crippen LogP contribution in [-0.2, 0) is 0 Å². The molecule has 1 aromatic carbocycles. The molecule has 0 spiro atoms. The molecule has 0 radical (unpaired) electrons. The largest absolute Gasteiger partial charge is 0.464 e. The molecule has 1 aliphatic rings. The van der Waals surface area contributed by atoms with E-state index in [-0.39, 0.29) is 17.3 Å². The number of fused-ring (bicyclic) bond motifs is 1. The maximum Gasteiger partial charge on any atom is 0.441 e. The maximum absolute atomic E-state index is 13.6. The minimum absolute atomic E-state index is 0.135. The number of hydrogen-bond acceptors (Lipinski definition) is 4. The Labute approximate surface area is 158 Å². The molecule has 1 aliphatic heterocycles. The number of nitrogens with zero attached hydrogens (tertiary/aromatic N) is 2. The van der Waals surface area contributed by atoms with Gasteiger partial charge in [0.1, 0.15) is 12.9 Å². The number of alkyl halides is 6. The zero-order chi connectivity index (χ0) is 21.6. The molecular weight excluding hydrogens is 410 g/mol. The highest BCUT2D eigenvalue weighted by Crippen LogP contribution is 2.52. The lowest BCUT2D eigenvalue weighted by molar-refractivity contribution is -0.887. The number of aromatic nitrogens is 1. The van der Waals surface area contributed by atoms with Gasteiger partial charge in [-0.25, -0.2) is 0 Å². The fourth-order valence-corrected chi connectivity index (χ4v) is 2.86. The van der Waals surface area contributed by atoms with E-state index >= 15 is 0 Å². The first-order valence-corrected chi connectivity index (χ1v) is 7.81. The Balaban J connectivity index is 2.40. The van der Waals surface area contributed by atoms with Crippen LogP contribution in [0.2, 0.25) is 0 Å². The minimum atomic E-state index is -5.87. The van der Waals surface area contributed by atoms with Crippen molar-refractivity contribution in [3.63, 3.8) is 0 Å². The lowest BCUT2D eigenvalue weighted by Gasteiger charge is -2.38. The van der Waals surface area contributed by atoms with Gasteiger partial charge < -0.3 is 4.74 Å². The zero-order valence-corrected chi connectivity index (χ0v) is 14.4. The lowest BCUT2D eigenvalue weighted by Crippen LogP contribution is -2.61. The quantitative estimate of drug-likeness (QED) is 0.329. The van der Waals surface area contributed by atoms with Gasteiger partial charge in [0.25, 0.3) is 11.4 Å². The highest BCUT2D eigenvalue weighted by atomic mass is 19.4. The summed E-state index contributed by atoms with van der Waals surface area (Å²) in [5, 5.41) is 11.1. The maximum atomic E-state index is 13.6. The molecule has 1 aromatic heterocycles. The summed E-state index contributed by atoms with van der Waals surface area (Å²) in [6, 6.07) is 6.30. The molecule has 0 N–H and O–H groups in total. The molecule has 0 bridgehead atoms.